The first kappa shape index (κ1) is 24.1. The number of nitrogens with one attached hydrogen (secondary N) is 1. The second-order valence-corrected chi connectivity index (χ2v) is 9.33. The van der Waals surface area contributed by atoms with Crippen LogP contribution in [-0.2, 0) is 4.74 Å². The Balaban J connectivity index is 1.21. The summed E-state index contributed by atoms with van der Waals surface area (Å²) in [7, 11) is 0. The first-order chi connectivity index (χ1) is 17.3. The Morgan fingerprint density at radius 1 is 1.17 bits per heavy atom. The second kappa shape index (κ2) is 9.82. The molecule has 1 aromatic heterocycles. The fourth-order valence-electron chi connectivity index (χ4n) is 4.39. The first-order valence-corrected chi connectivity index (χ1v) is 12.0. The molecule has 36 heavy (non-hydrogen) atoms. The van der Waals surface area contributed by atoms with Crippen molar-refractivity contribution >= 4 is 63.3 Å². The van der Waals surface area contributed by atoms with E-state index in [9.17, 15) is 9.59 Å². The van der Waals surface area contributed by atoms with Crippen LogP contribution in [0.3, 0.4) is 0 Å². The van der Waals surface area contributed by atoms with Crippen LogP contribution in [0, 0.1) is 5.82 Å². The van der Waals surface area contributed by atoms with E-state index in [2.05, 4.69) is 17.5 Å². The van der Waals surface area contributed by atoms with E-state index in [-0.39, 0.29) is 29.9 Å². The van der Waals surface area contributed by atoms with Crippen LogP contribution in [0.5, 0.6) is 0 Å². The van der Waals surface area contributed by atoms with Crippen molar-refractivity contribution in [1.82, 2.24) is 10.2 Å². The molecule has 188 valence electrons. The molecule has 5 rings (SSSR count). The molecule has 0 saturated carbocycles. The van der Waals surface area contributed by atoms with Gasteiger partial charge in [-0.25, -0.2) is 9.18 Å². The smallest absolute Gasteiger partial charge is 0.414 e. The molecular formula is C24H22ClFN4O5S. The van der Waals surface area contributed by atoms with Crippen molar-refractivity contribution in [1.29, 1.82) is 0 Å². The summed E-state index contributed by atoms with van der Waals surface area (Å²) in [4.78, 5) is 30.0. The van der Waals surface area contributed by atoms with Crippen molar-refractivity contribution in [3.8, 4) is 0 Å². The number of rotatable bonds is 5. The third-order valence-corrected chi connectivity index (χ3v) is 6.57. The molecule has 0 bridgehead atoms. The molecule has 3 aromatic rings. The molecule has 0 radical (unpaired) electrons. The monoisotopic (exact) mass is 532 g/mol. The molecule has 12 heteroatoms. The van der Waals surface area contributed by atoms with Gasteiger partial charge in [-0.05, 0) is 54.7 Å². The Hall–Kier alpha value is -3.57. The maximum Gasteiger partial charge on any atom is 0.414 e. The number of hydrogen-bond acceptors (Lipinski definition) is 6. The maximum atomic E-state index is 15.0. The third kappa shape index (κ3) is 4.89. The van der Waals surface area contributed by atoms with Crippen LogP contribution in [0.25, 0.3) is 11.0 Å². The van der Waals surface area contributed by atoms with Crippen LogP contribution < -0.4 is 15.1 Å². The fraction of sp³-hybridized carbons (Fsp3) is 0.292. The lowest BCUT2D eigenvalue weighted by Gasteiger charge is -2.36. The average Bonchev–Trinajstić information content (AvgIpc) is 3.45. The lowest BCUT2D eigenvalue weighted by Crippen LogP contribution is -2.49. The number of piperazine rings is 1. The van der Waals surface area contributed by atoms with Gasteiger partial charge in [-0.2, -0.15) is 0 Å². The summed E-state index contributed by atoms with van der Waals surface area (Å²) in [5, 5.41) is 12.6. The molecule has 1 atom stereocenters. The van der Waals surface area contributed by atoms with E-state index in [4.69, 9.17) is 25.9 Å². The van der Waals surface area contributed by atoms with Gasteiger partial charge in [-0.3, -0.25) is 9.69 Å². The predicted molar refractivity (Wildman–Crippen MR) is 137 cm³/mol. The molecule has 2 saturated heterocycles. The number of aliphatic hydroxyl groups is 1. The number of aliphatic hydroxyl groups excluding tert-OH is 1. The van der Waals surface area contributed by atoms with Crippen molar-refractivity contribution in [2.45, 2.75) is 6.10 Å². The number of thiocarbonyl (C=S) groups is 1. The quantitative estimate of drug-likeness (QED) is 0.477. The largest absolute Gasteiger partial charge is 0.487 e. The van der Waals surface area contributed by atoms with Crippen LogP contribution >= 0.6 is 23.8 Å². The van der Waals surface area contributed by atoms with Gasteiger partial charge >= 0.3 is 6.09 Å². The Bertz CT molecular complexity index is 1340. The summed E-state index contributed by atoms with van der Waals surface area (Å²) in [5.41, 5.74) is 1.35. The Morgan fingerprint density at radius 2 is 1.94 bits per heavy atom. The second-order valence-electron chi connectivity index (χ2n) is 8.51. The minimum atomic E-state index is -0.599. The maximum absolute atomic E-state index is 15.0. The van der Waals surface area contributed by atoms with Gasteiger partial charge in [-0.1, -0.05) is 11.6 Å². The fourth-order valence-corrected chi connectivity index (χ4v) is 4.65. The lowest BCUT2D eigenvalue weighted by atomic mass is 10.2. The highest BCUT2D eigenvalue weighted by atomic mass is 35.5. The standard InChI is InChI=1S/C24H22ClFN4O5S/c25-15-1-4-20-14(9-15)10-21(35-20)22(31)29-7-5-28(6-8-29)19-3-2-16(11-18(19)26)30-13-17(34-24(30)33)12-27-23(32)36/h1-4,9-11,17H,5-8,12-13H2,(H2,27,32,36). The number of ether oxygens (including phenoxy) is 1. The van der Waals surface area contributed by atoms with E-state index >= 15 is 4.39 Å². The minimum Gasteiger partial charge on any atom is -0.487 e. The molecule has 2 N–H and O–H groups in total. The van der Waals surface area contributed by atoms with Gasteiger partial charge in [0.05, 0.1) is 24.5 Å². The zero-order chi connectivity index (χ0) is 25.4. The number of fused-ring (bicyclic) bond motifs is 1. The summed E-state index contributed by atoms with van der Waals surface area (Å²) in [6.45, 7) is 2.03. The Labute approximate surface area is 215 Å². The summed E-state index contributed by atoms with van der Waals surface area (Å²) in [5.74, 6) is -0.466. The van der Waals surface area contributed by atoms with Crippen molar-refractivity contribution in [2.24, 2.45) is 0 Å². The summed E-state index contributed by atoms with van der Waals surface area (Å²) < 4.78 is 26.0. The zero-order valence-corrected chi connectivity index (χ0v) is 20.5. The number of halogens is 2. The number of benzene rings is 2. The van der Waals surface area contributed by atoms with E-state index in [0.29, 0.717) is 48.2 Å². The molecular weight excluding hydrogens is 511 g/mol. The summed E-state index contributed by atoms with van der Waals surface area (Å²) >= 11 is 10.6. The van der Waals surface area contributed by atoms with Crippen LogP contribution in [-0.4, -0.2) is 72.6 Å². The van der Waals surface area contributed by atoms with Gasteiger partial charge in [0.15, 0.2) is 5.76 Å². The van der Waals surface area contributed by atoms with Crippen molar-refractivity contribution < 1.29 is 28.2 Å². The van der Waals surface area contributed by atoms with Gasteiger partial charge in [0.25, 0.3) is 11.1 Å². The van der Waals surface area contributed by atoms with E-state index in [1.165, 1.54) is 11.0 Å². The van der Waals surface area contributed by atoms with Crippen LogP contribution in [0.4, 0.5) is 20.6 Å². The normalized spacial score (nSPS) is 18.0. The molecule has 2 aliphatic heterocycles. The highest BCUT2D eigenvalue weighted by Crippen LogP contribution is 2.29. The Morgan fingerprint density at radius 3 is 2.67 bits per heavy atom. The first-order valence-electron chi connectivity index (χ1n) is 11.3. The highest BCUT2D eigenvalue weighted by Gasteiger charge is 2.33. The predicted octanol–water partition coefficient (Wildman–Crippen LogP) is 3.95. The summed E-state index contributed by atoms with van der Waals surface area (Å²) in [6, 6.07) is 11.4. The van der Waals surface area contributed by atoms with Gasteiger partial charge in [-0.15, -0.1) is 0 Å². The van der Waals surface area contributed by atoms with E-state index in [0.717, 1.165) is 5.39 Å². The van der Waals surface area contributed by atoms with Crippen molar-refractivity contribution in [3.05, 3.63) is 59.1 Å². The average molecular weight is 533 g/mol. The number of furan rings is 1. The van der Waals surface area contributed by atoms with Crippen LogP contribution in [0.15, 0.2) is 46.9 Å². The number of carbonyl (C=O) groups is 2. The molecule has 2 aliphatic rings. The molecule has 0 aliphatic carbocycles. The molecule has 2 fully saturated rings. The van der Waals surface area contributed by atoms with E-state index in [1.807, 2.05) is 4.90 Å². The van der Waals surface area contributed by atoms with Crippen LogP contribution in [0.2, 0.25) is 5.02 Å². The van der Waals surface area contributed by atoms with Gasteiger partial charge in [0.1, 0.15) is 17.5 Å². The minimum absolute atomic E-state index is 0.156. The van der Waals surface area contributed by atoms with Crippen LogP contribution in [0.1, 0.15) is 10.6 Å². The third-order valence-electron chi connectivity index (χ3n) is 6.19. The van der Waals surface area contributed by atoms with Crippen molar-refractivity contribution in [2.75, 3.05) is 49.1 Å². The van der Waals surface area contributed by atoms with Gasteiger partial charge < -0.3 is 29.4 Å². The highest BCUT2D eigenvalue weighted by molar-refractivity contribution is 7.79. The molecule has 2 aromatic carbocycles. The molecule has 0 spiro atoms. The number of cyclic esters (lactones) is 1. The Kier molecular flexibility index (Phi) is 6.59. The topological polar surface area (TPSA) is 98.5 Å². The number of nitrogens with zero attached hydrogens (tertiary/aromatic N) is 3. The number of amides is 2. The molecule has 3 heterocycles. The van der Waals surface area contributed by atoms with E-state index < -0.39 is 18.0 Å². The number of hydrogen-bond donors (Lipinski definition) is 2. The molecule has 1 unspecified atom stereocenters. The van der Waals surface area contributed by atoms with Gasteiger partial charge in [0.2, 0.25) is 0 Å². The summed E-state index contributed by atoms with van der Waals surface area (Å²) in [6.07, 6.45) is -1.13. The number of carbonyl (C=O) groups excluding carboxylic acids is 2. The zero-order valence-electron chi connectivity index (χ0n) is 18.9. The number of anilines is 2. The lowest BCUT2D eigenvalue weighted by molar-refractivity contribution is 0.0717. The SMILES string of the molecule is O=C(c1cc2cc(Cl)ccc2o1)N1CCN(c2ccc(N3CC(CNC(O)=S)OC3=O)cc2F)CC1. The van der Waals surface area contributed by atoms with Crippen molar-refractivity contribution in [3.63, 3.8) is 0 Å². The van der Waals surface area contributed by atoms with Gasteiger partial charge in [0, 0.05) is 36.6 Å². The molecule has 2 amide bonds. The van der Waals surface area contributed by atoms with E-state index in [1.54, 1.807) is 41.3 Å². The molecule has 9 nitrogen and oxygen atoms in total.